The van der Waals surface area contributed by atoms with Crippen LogP contribution in [0.15, 0.2) is 24.3 Å². The van der Waals surface area contributed by atoms with Crippen LogP contribution >= 0.6 is 11.6 Å². The number of rotatable bonds is 5. The van der Waals surface area contributed by atoms with Gasteiger partial charge in [-0.2, -0.15) is 0 Å². The Balaban J connectivity index is 1.38. The number of para-hydroxylation sites is 1. The van der Waals surface area contributed by atoms with E-state index in [9.17, 15) is 4.79 Å². The molecule has 2 saturated heterocycles. The molecule has 138 valence electrons. The standard InChI is InChI=1S/C20H30ClN3O/c21-18-7-3-4-8-19(18)22-20(25)16-24-13-9-17(10-14-24)15-23-11-5-1-2-6-12-23/h3-4,7-8,17H,1-2,5-6,9-16H2,(H,22,25). The maximum absolute atomic E-state index is 12.2. The Labute approximate surface area is 156 Å². The van der Waals surface area contributed by atoms with Crippen molar-refractivity contribution in [2.75, 3.05) is 44.6 Å². The van der Waals surface area contributed by atoms with E-state index in [4.69, 9.17) is 11.6 Å². The van der Waals surface area contributed by atoms with Crippen molar-refractivity contribution in [1.29, 1.82) is 0 Å². The van der Waals surface area contributed by atoms with Gasteiger partial charge in [0.2, 0.25) is 5.91 Å². The fourth-order valence-electron chi connectivity index (χ4n) is 3.97. The Morgan fingerprint density at radius 1 is 1.00 bits per heavy atom. The smallest absolute Gasteiger partial charge is 0.238 e. The van der Waals surface area contributed by atoms with Gasteiger partial charge in [-0.3, -0.25) is 9.69 Å². The van der Waals surface area contributed by atoms with E-state index in [1.165, 1.54) is 58.2 Å². The molecular weight excluding hydrogens is 334 g/mol. The Morgan fingerprint density at radius 3 is 2.36 bits per heavy atom. The molecule has 0 spiro atoms. The van der Waals surface area contributed by atoms with Crippen molar-refractivity contribution in [2.24, 2.45) is 5.92 Å². The highest BCUT2D eigenvalue weighted by Crippen LogP contribution is 2.22. The van der Waals surface area contributed by atoms with E-state index in [0.29, 0.717) is 17.3 Å². The van der Waals surface area contributed by atoms with Crippen molar-refractivity contribution < 1.29 is 4.79 Å². The third kappa shape index (κ3) is 5.98. The van der Waals surface area contributed by atoms with Crippen LogP contribution in [0.5, 0.6) is 0 Å². The Bertz CT molecular complexity index is 550. The van der Waals surface area contributed by atoms with Gasteiger partial charge in [0.1, 0.15) is 0 Å². The predicted molar refractivity (Wildman–Crippen MR) is 104 cm³/mol. The van der Waals surface area contributed by atoms with E-state index in [1.807, 2.05) is 18.2 Å². The molecule has 0 unspecified atom stereocenters. The average molecular weight is 364 g/mol. The summed E-state index contributed by atoms with van der Waals surface area (Å²) in [4.78, 5) is 17.2. The summed E-state index contributed by atoms with van der Waals surface area (Å²) in [6, 6.07) is 7.39. The molecule has 0 aromatic heterocycles. The molecule has 4 nitrogen and oxygen atoms in total. The first-order valence-corrected chi connectivity index (χ1v) is 10.1. The highest BCUT2D eigenvalue weighted by molar-refractivity contribution is 6.33. The van der Waals surface area contributed by atoms with Crippen LogP contribution in [0.2, 0.25) is 5.02 Å². The SMILES string of the molecule is O=C(CN1CCC(CN2CCCCCC2)CC1)Nc1ccccc1Cl. The molecule has 1 aromatic rings. The van der Waals surface area contributed by atoms with Gasteiger partial charge in [-0.15, -0.1) is 0 Å². The number of nitrogens with one attached hydrogen (secondary N) is 1. The normalized spacial score (nSPS) is 21.0. The number of likely N-dealkylation sites (tertiary alicyclic amines) is 2. The van der Waals surface area contributed by atoms with Crippen molar-refractivity contribution in [3.63, 3.8) is 0 Å². The summed E-state index contributed by atoms with van der Waals surface area (Å²) in [5.74, 6) is 0.819. The molecule has 2 heterocycles. The quantitative estimate of drug-likeness (QED) is 0.862. The highest BCUT2D eigenvalue weighted by atomic mass is 35.5. The lowest BCUT2D eigenvalue weighted by Crippen LogP contribution is -2.42. The largest absolute Gasteiger partial charge is 0.324 e. The van der Waals surface area contributed by atoms with Crippen LogP contribution < -0.4 is 5.32 Å². The molecule has 0 radical (unpaired) electrons. The van der Waals surface area contributed by atoms with Crippen LogP contribution in [0.3, 0.4) is 0 Å². The molecule has 2 fully saturated rings. The molecule has 1 aromatic carbocycles. The number of benzene rings is 1. The van der Waals surface area contributed by atoms with Crippen molar-refractivity contribution in [3.05, 3.63) is 29.3 Å². The van der Waals surface area contributed by atoms with Gasteiger partial charge in [0, 0.05) is 6.54 Å². The van der Waals surface area contributed by atoms with Gasteiger partial charge < -0.3 is 10.2 Å². The molecule has 0 saturated carbocycles. The van der Waals surface area contributed by atoms with E-state index in [2.05, 4.69) is 15.1 Å². The van der Waals surface area contributed by atoms with Gasteiger partial charge in [0.25, 0.3) is 0 Å². The molecule has 0 aliphatic carbocycles. The summed E-state index contributed by atoms with van der Waals surface area (Å²) in [5, 5.41) is 3.51. The number of amides is 1. The van der Waals surface area contributed by atoms with E-state index < -0.39 is 0 Å². The fraction of sp³-hybridized carbons (Fsp3) is 0.650. The summed E-state index contributed by atoms with van der Waals surface area (Å²) in [6.45, 7) is 6.31. The minimum absolute atomic E-state index is 0.0269. The van der Waals surface area contributed by atoms with Crippen molar-refractivity contribution in [3.8, 4) is 0 Å². The second-order valence-corrected chi connectivity index (χ2v) is 7.87. The monoisotopic (exact) mass is 363 g/mol. The first kappa shape index (κ1) is 18.7. The number of carbonyl (C=O) groups is 1. The maximum Gasteiger partial charge on any atom is 0.238 e. The zero-order valence-electron chi connectivity index (χ0n) is 15.1. The lowest BCUT2D eigenvalue weighted by Gasteiger charge is -2.34. The third-order valence-electron chi connectivity index (χ3n) is 5.44. The minimum atomic E-state index is 0.0269. The van der Waals surface area contributed by atoms with Gasteiger partial charge in [0.15, 0.2) is 0 Å². The summed E-state index contributed by atoms with van der Waals surface area (Å²) >= 11 is 6.10. The summed E-state index contributed by atoms with van der Waals surface area (Å²) < 4.78 is 0. The van der Waals surface area contributed by atoms with Crippen LogP contribution in [-0.2, 0) is 4.79 Å². The number of hydrogen-bond acceptors (Lipinski definition) is 3. The third-order valence-corrected chi connectivity index (χ3v) is 5.77. The molecule has 2 aliphatic heterocycles. The van der Waals surface area contributed by atoms with E-state index in [-0.39, 0.29) is 5.91 Å². The van der Waals surface area contributed by atoms with Gasteiger partial charge in [-0.05, 0) is 69.9 Å². The van der Waals surface area contributed by atoms with Gasteiger partial charge in [-0.1, -0.05) is 36.6 Å². The molecule has 3 rings (SSSR count). The van der Waals surface area contributed by atoms with Gasteiger partial charge >= 0.3 is 0 Å². The number of nitrogens with zero attached hydrogens (tertiary/aromatic N) is 2. The van der Waals surface area contributed by atoms with Crippen molar-refractivity contribution in [2.45, 2.75) is 38.5 Å². The second-order valence-electron chi connectivity index (χ2n) is 7.46. The minimum Gasteiger partial charge on any atom is -0.324 e. The van der Waals surface area contributed by atoms with Gasteiger partial charge in [-0.25, -0.2) is 0 Å². The molecule has 1 amide bonds. The topological polar surface area (TPSA) is 35.6 Å². The lowest BCUT2D eigenvalue weighted by molar-refractivity contribution is -0.117. The van der Waals surface area contributed by atoms with Crippen LogP contribution in [0.25, 0.3) is 0 Å². The number of piperidine rings is 1. The number of anilines is 1. The van der Waals surface area contributed by atoms with Crippen molar-refractivity contribution >= 4 is 23.2 Å². The predicted octanol–water partition coefficient (Wildman–Crippen LogP) is 3.87. The van der Waals surface area contributed by atoms with Crippen LogP contribution in [0.4, 0.5) is 5.69 Å². The lowest BCUT2D eigenvalue weighted by atomic mass is 9.96. The number of carbonyl (C=O) groups excluding carboxylic acids is 1. The first-order chi connectivity index (χ1) is 12.2. The average Bonchev–Trinajstić information content (AvgIpc) is 2.87. The molecule has 2 aliphatic rings. The van der Waals surface area contributed by atoms with Gasteiger partial charge in [0.05, 0.1) is 17.3 Å². The van der Waals surface area contributed by atoms with Crippen LogP contribution in [0.1, 0.15) is 38.5 Å². The Kier molecular flexibility index (Phi) is 7.14. The molecule has 25 heavy (non-hydrogen) atoms. The van der Waals surface area contributed by atoms with E-state index in [1.54, 1.807) is 6.07 Å². The second kappa shape index (κ2) is 9.56. The molecule has 1 N–H and O–H groups in total. The summed E-state index contributed by atoms with van der Waals surface area (Å²) in [7, 11) is 0. The Morgan fingerprint density at radius 2 is 1.68 bits per heavy atom. The fourth-order valence-corrected chi connectivity index (χ4v) is 4.15. The first-order valence-electron chi connectivity index (χ1n) is 9.70. The molecule has 0 atom stereocenters. The van der Waals surface area contributed by atoms with E-state index >= 15 is 0 Å². The highest BCUT2D eigenvalue weighted by Gasteiger charge is 2.23. The Hall–Kier alpha value is -1.10. The molecular formula is C20H30ClN3O. The van der Waals surface area contributed by atoms with Crippen molar-refractivity contribution in [1.82, 2.24) is 9.80 Å². The number of hydrogen-bond donors (Lipinski definition) is 1. The van der Waals surface area contributed by atoms with E-state index in [0.717, 1.165) is 19.0 Å². The summed E-state index contributed by atoms with van der Waals surface area (Å²) in [6.07, 6.45) is 7.93. The summed E-state index contributed by atoms with van der Waals surface area (Å²) in [5.41, 5.74) is 0.699. The maximum atomic E-state index is 12.2. The van der Waals surface area contributed by atoms with Crippen LogP contribution in [0, 0.1) is 5.92 Å². The zero-order valence-corrected chi connectivity index (χ0v) is 15.8. The van der Waals surface area contributed by atoms with Crippen LogP contribution in [-0.4, -0.2) is 55.0 Å². The molecule has 5 heteroatoms. The zero-order chi connectivity index (χ0) is 17.5. The molecule has 0 bridgehead atoms. The number of halogens is 1.